The van der Waals surface area contributed by atoms with E-state index in [1.165, 1.54) is 0 Å². The van der Waals surface area contributed by atoms with Crippen molar-refractivity contribution in [2.45, 2.75) is 60.4 Å². The molecule has 1 heterocycles. The largest absolute Gasteiger partial charge is 0.508 e. The van der Waals surface area contributed by atoms with Gasteiger partial charge in [0, 0.05) is 37.1 Å². The van der Waals surface area contributed by atoms with E-state index in [9.17, 15) is 14.7 Å². The van der Waals surface area contributed by atoms with E-state index in [0.29, 0.717) is 34.3 Å². The number of aryl methyl sites for hydroxylation is 2. The first-order valence-electron chi connectivity index (χ1n) is 12.7. The number of piperidine rings is 1. The number of anilines is 2. The highest BCUT2D eigenvalue weighted by atomic mass is 35.5. The van der Waals surface area contributed by atoms with Crippen molar-refractivity contribution in [1.82, 2.24) is 9.80 Å². The van der Waals surface area contributed by atoms with Gasteiger partial charge < -0.3 is 25.8 Å². The molecule has 0 aromatic heterocycles. The van der Waals surface area contributed by atoms with Crippen LogP contribution in [-0.2, 0) is 9.59 Å². The molecule has 2 aromatic carbocycles. The lowest BCUT2D eigenvalue weighted by Crippen LogP contribution is -2.49. The summed E-state index contributed by atoms with van der Waals surface area (Å²) in [5, 5.41) is 13.2. The number of benzene rings is 2. The van der Waals surface area contributed by atoms with Crippen molar-refractivity contribution >= 4 is 34.8 Å². The molecule has 0 bridgehead atoms. The number of nitrogen functional groups attached to an aromatic ring is 1. The van der Waals surface area contributed by atoms with E-state index < -0.39 is 0 Å². The molecule has 0 radical (unpaired) electrons. The van der Waals surface area contributed by atoms with Crippen LogP contribution in [0.5, 0.6) is 11.5 Å². The third-order valence-corrected chi connectivity index (χ3v) is 7.88. The van der Waals surface area contributed by atoms with E-state index in [-0.39, 0.29) is 36.8 Å². The SMILES string of the molecule is CCN(C(=O)COc1c(C)c(C)c(N)c(C)c1Cl)C1CCN(CC(=O)Nc2cc(C)c(O)cc2C)CC1. The first-order valence-corrected chi connectivity index (χ1v) is 13.1. The van der Waals surface area contributed by atoms with E-state index in [4.69, 9.17) is 22.1 Å². The number of rotatable bonds is 8. The van der Waals surface area contributed by atoms with Crippen molar-refractivity contribution < 1.29 is 19.4 Å². The van der Waals surface area contributed by atoms with Gasteiger partial charge >= 0.3 is 0 Å². The molecule has 8 nitrogen and oxygen atoms in total. The fourth-order valence-electron chi connectivity index (χ4n) is 4.85. The Bertz CT molecular complexity index is 1150. The first-order chi connectivity index (χ1) is 17.4. The summed E-state index contributed by atoms with van der Waals surface area (Å²) >= 11 is 6.47. The predicted octanol–water partition coefficient (Wildman–Crippen LogP) is 4.50. The molecule has 2 amide bonds. The van der Waals surface area contributed by atoms with E-state index in [0.717, 1.165) is 48.2 Å². The van der Waals surface area contributed by atoms with Crippen molar-refractivity contribution in [3.63, 3.8) is 0 Å². The summed E-state index contributed by atoms with van der Waals surface area (Å²) < 4.78 is 5.92. The number of halogens is 1. The number of hydrogen-bond acceptors (Lipinski definition) is 6. The van der Waals surface area contributed by atoms with Crippen LogP contribution in [0.1, 0.15) is 47.6 Å². The minimum atomic E-state index is -0.0928. The lowest BCUT2D eigenvalue weighted by molar-refractivity contribution is -0.136. The zero-order valence-corrected chi connectivity index (χ0v) is 23.5. The molecule has 4 N–H and O–H groups in total. The Morgan fingerprint density at radius 2 is 1.76 bits per heavy atom. The van der Waals surface area contributed by atoms with E-state index in [1.807, 2.05) is 39.5 Å². The minimum Gasteiger partial charge on any atom is -0.508 e. The Balaban J connectivity index is 1.54. The van der Waals surface area contributed by atoms with Crippen LogP contribution in [0.3, 0.4) is 0 Å². The topological polar surface area (TPSA) is 108 Å². The van der Waals surface area contributed by atoms with E-state index >= 15 is 0 Å². The Hall–Kier alpha value is -2.97. The molecule has 0 aliphatic carbocycles. The van der Waals surface area contributed by atoms with Gasteiger partial charge in [-0.1, -0.05) is 11.6 Å². The highest BCUT2D eigenvalue weighted by molar-refractivity contribution is 6.33. The van der Waals surface area contributed by atoms with Crippen LogP contribution in [0.4, 0.5) is 11.4 Å². The van der Waals surface area contributed by atoms with Crippen LogP contribution in [0.2, 0.25) is 5.02 Å². The maximum absolute atomic E-state index is 13.1. The second-order valence-electron chi connectivity index (χ2n) is 9.91. The van der Waals surface area contributed by atoms with Gasteiger partial charge in [-0.15, -0.1) is 0 Å². The van der Waals surface area contributed by atoms with Gasteiger partial charge in [0.2, 0.25) is 5.91 Å². The molecule has 3 rings (SSSR count). The van der Waals surface area contributed by atoms with Crippen LogP contribution in [0.15, 0.2) is 12.1 Å². The summed E-state index contributed by atoms with van der Waals surface area (Å²) in [5.41, 5.74) is 11.5. The molecule has 1 aliphatic rings. The number of nitrogens with two attached hydrogens (primary N) is 1. The predicted molar refractivity (Wildman–Crippen MR) is 149 cm³/mol. The molecule has 1 fully saturated rings. The van der Waals surface area contributed by atoms with Crippen molar-refractivity contribution in [1.29, 1.82) is 0 Å². The van der Waals surface area contributed by atoms with Crippen LogP contribution in [0.25, 0.3) is 0 Å². The number of carbonyl (C=O) groups is 2. The van der Waals surface area contributed by atoms with Crippen LogP contribution >= 0.6 is 11.6 Å². The van der Waals surface area contributed by atoms with Crippen LogP contribution in [0, 0.1) is 34.6 Å². The molecule has 37 heavy (non-hydrogen) atoms. The smallest absolute Gasteiger partial charge is 0.260 e. The van der Waals surface area contributed by atoms with Gasteiger partial charge in [0.15, 0.2) is 6.61 Å². The number of carbonyl (C=O) groups excluding carboxylic acids is 2. The molecule has 202 valence electrons. The monoisotopic (exact) mass is 530 g/mol. The third kappa shape index (κ3) is 6.48. The molecule has 1 aliphatic heterocycles. The second kappa shape index (κ2) is 12.0. The number of amides is 2. The van der Waals surface area contributed by atoms with Gasteiger partial charge in [0.05, 0.1) is 11.6 Å². The highest BCUT2D eigenvalue weighted by Crippen LogP contribution is 2.38. The molecule has 2 aromatic rings. The summed E-state index contributed by atoms with van der Waals surface area (Å²) in [5.74, 6) is 0.550. The minimum absolute atomic E-state index is 0.0838. The number of phenolic OH excluding ortho intramolecular Hbond substituents is 1. The van der Waals surface area contributed by atoms with E-state index in [2.05, 4.69) is 10.2 Å². The van der Waals surface area contributed by atoms with Gasteiger partial charge in [-0.3, -0.25) is 14.5 Å². The lowest BCUT2D eigenvalue weighted by Gasteiger charge is -2.38. The average molecular weight is 531 g/mol. The first kappa shape index (κ1) is 28.6. The number of nitrogens with zero attached hydrogens (tertiary/aromatic N) is 2. The summed E-state index contributed by atoms with van der Waals surface area (Å²) in [6.07, 6.45) is 1.56. The van der Waals surface area contributed by atoms with E-state index in [1.54, 1.807) is 19.1 Å². The molecule has 1 saturated heterocycles. The summed E-state index contributed by atoms with van der Waals surface area (Å²) in [6, 6.07) is 3.53. The van der Waals surface area contributed by atoms with Crippen molar-refractivity contribution in [2.75, 3.05) is 43.8 Å². The molecular weight excluding hydrogens is 492 g/mol. The lowest BCUT2D eigenvalue weighted by atomic mass is 10.0. The van der Waals surface area contributed by atoms with Gasteiger partial charge in [0.25, 0.3) is 5.91 Å². The van der Waals surface area contributed by atoms with Crippen molar-refractivity contribution in [3.8, 4) is 11.5 Å². The van der Waals surface area contributed by atoms with Crippen molar-refractivity contribution in [2.24, 2.45) is 0 Å². The highest BCUT2D eigenvalue weighted by Gasteiger charge is 2.28. The molecule has 0 unspecified atom stereocenters. The summed E-state index contributed by atoms with van der Waals surface area (Å²) in [7, 11) is 0. The molecule has 0 atom stereocenters. The molecule has 0 spiro atoms. The summed E-state index contributed by atoms with van der Waals surface area (Å²) in [4.78, 5) is 29.7. The molecular formula is C28H39ClN4O4. The van der Waals surface area contributed by atoms with Crippen LogP contribution < -0.4 is 15.8 Å². The van der Waals surface area contributed by atoms with Crippen LogP contribution in [-0.4, -0.2) is 65.5 Å². The average Bonchev–Trinajstić information content (AvgIpc) is 2.86. The maximum Gasteiger partial charge on any atom is 0.260 e. The Kier molecular flexibility index (Phi) is 9.31. The quantitative estimate of drug-likeness (QED) is 0.342. The number of phenols is 1. The number of nitrogens with one attached hydrogen (secondary N) is 1. The van der Waals surface area contributed by atoms with Gasteiger partial charge in [-0.05, 0) is 94.3 Å². The Morgan fingerprint density at radius 3 is 2.38 bits per heavy atom. The number of likely N-dealkylation sites (tertiary alicyclic amines) is 1. The zero-order valence-electron chi connectivity index (χ0n) is 22.7. The van der Waals surface area contributed by atoms with Gasteiger partial charge in [0.1, 0.15) is 11.5 Å². The maximum atomic E-state index is 13.1. The molecule has 0 saturated carbocycles. The Morgan fingerprint density at radius 1 is 1.11 bits per heavy atom. The molecule has 9 heteroatoms. The van der Waals surface area contributed by atoms with Gasteiger partial charge in [-0.25, -0.2) is 0 Å². The van der Waals surface area contributed by atoms with Gasteiger partial charge in [-0.2, -0.15) is 0 Å². The number of likely N-dealkylation sites (N-methyl/N-ethyl adjacent to an activating group) is 1. The number of hydrogen-bond donors (Lipinski definition) is 3. The second-order valence-corrected chi connectivity index (χ2v) is 10.3. The summed E-state index contributed by atoms with van der Waals surface area (Å²) in [6.45, 7) is 13.5. The number of ether oxygens (including phenoxy) is 1. The fraction of sp³-hybridized carbons (Fsp3) is 0.500. The normalized spacial score (nSPS) is 14.5. The Labute approximate surface area is 224 Å². The number of aromatic hydroxyl groups is 1. The zero-order chi connectivity index (χ0) is 27.4. The van der Waals surface area contributed by atoms with Crippen molar-refractivity contribution in [3.05, 3.63) is 45.0 Å². The third-order valence-electron chi connectivity index (χ3n) is 7.42. The fourth-order valence-corrected chi connectivity index (χ4v) is 5.15. The standard InChI is InChI=1S/C28H39ClN4O4/c1-7-33(25(36)15-37-28-19(5)18(4)27(30)20(6)26(28)29)21-8-10-32(11-9-21)14-24(35)31-22-12-17(3)23(34)13-16(22)2/h12-13,21,34H,7-11,14-15,30H2,1-6H3,(H,31,35).